The van der Waals surface area contributed by atoms with Crippen LogP contribution in [0.2, 0.25) is 0 Å². The normalized spacial score (nSPS) is 10.4. The number of benzene rings is 1. The molecule has 122 valence electrons. The van der Waals surface area contributed by atoms with Crippen molar-refractivity contribution >= 4 is 23.0 Å². The van der Waals surface area contributed by atoms with E-state index in [1.807, 2.05) is 23.6 Å². The first-order valence-electron chi connectivity index (χ1n) is 7.18. The van der Waals surface area contributed by atoms with Gasteiger partial charge in [-0.15, -0.1) is 11.3 Å². The Kier molecular flexibility index (Phi) is 4.72. The number of pyridine rings is 1. The average molecular weight is 341 g/mol. The summed E-state index contributed by atoms with van der Waals surface area (Å²) in [4.78, 5) is 19.9. The van der Waals surface area contributed by atoms with E-state index in [2.05, 4.69) is 15.3 Å². The maximum Gasteiger partial charge on any atom is 0.335 e. The highest BCUT2D eigenvalue weighted by molar-refractivity contribution is 7.13. The SMILES string of the molecule is COc1ccc(C(=O)O)cc1NCc1csc(-c2ccccn2)n1. The van der Waals surface area contributed by atoms with Gasteiger partial charge in [-0.25, -0.2) is 9.78 Å². The Balaban J connectivity index is 1.75. The number of nitrogens with one attached hydrogen (secondary N) is 1. The molecule has 0 aliphatic carbocycles. The minimum Gasteiger partial charge on any atom is -0.495 e. The van der Waals surface area contributed by atoms with E-state index in [0.29, 0.717) is 18.0 Å². The molecule has 2 N–H and O–H groups in total. The fraction of sp³-hybridized carbons (Fsp3) is 0.118. The third kappa shape index (κ3) is 3.52. The van der Waals surface area contributed by atoms with Gasteiger partial charge in [0, 0.05) is 11.6 Å². The van der Waals surface area contributed by atoms with E-state index in [-0.39, 0.29) is 5.56 Å². The minimum absolute atomic E-state index is 0.200. The van der Waals surface area contributed by atoms with Crippen LogP contribution in [0.15, 0.2) is 48.0 Å². The Morgan fingerprint density at radius 3 is 2.92 bits per heavy atom. The number of carbonyl (C=O) groups is 1. The molecule has 0 amide bonds. The second kappa shape index (κ2) is 7.10. The molecule has 0 bridgehead atoms. The monoisotopic (exact) mass is 341 g/mol. The number of aromatic nitrogens is 2. The zero-order valence-electron chi connectivity index (χ0n) is 12.9. The first-order valence-corrected chi connectivity index (χ1v) is 8.06. The summed E-state index contributed by atoms with van der Waals surface area (Å²) in [6.07, 6.45) is 1.73. The van der Waals surface area contributed by atoms with Crippen LogP contribution in [0.3, 0.4) is 0 Å². The smallest absolute Gasteiger partial charge is 0.335 e. The van der Waals surface area contributed by atoms with Crippen molar-refractivity contribution in [2.75, 3.05) is 12.4 Å². The van der Waals surface area contributed by atoms with Gasteiger partial charge in [0.05, 0.1) is 36.3 Å². The van der Waals surface area contributed by atoms with Crippen molar-refractivity contribution in [3.63, 3.8) is 0 Å². The Labute approximate surface area is 142 Å². The molecule has 1 aromatic carbocycles. The molecule has 0 aliphatic heterocycles. The molecular formula is C17H15N3O3S. The van der Waals surface area contributed by atoms with Gasteiger partial charge < -0.3 is 15.2 Å². The Morgan fingerprint density at radius 1 is 1.33 bits per heavy atom. The van der Waals surface area contributed by atoms with Gasteiger partial charge in [-0.2, -0.15) is 0 Å². The van der Waals surface area contributed by atoms with E-state index in [9.17, 15) is 4.79 Å². The number of nitrogens with zero attached hydrogens (tertiary/aromatic N) is 2. The number of rotatable bonds is 6. The van der Waals surface area contributed by atoms with Gasteiger partial charge in [0.15, 0.2) is 0 Å². The summed E-state index contributed by atoms with van der Waals surface area (Å²) < 4.78 is 5.26. The number of carboxylic acids is 1. The average Bonchev–Trinajstić information content (AvgIpc) is 3.09. The Hall–Kier alpha value is -2.93. The minimum atomic E-state index is -0.980. The molecule has 0 unspecified atom stereocenters. The van der Waals surface area contributed by atoms with Crippen molar-refractivity contribution in [3.8, 4) is 16.5 Å². The molecule has 0 fully saturated rings. The van der Waals surface area contributed by atoms with Crippen LogP contribution in [0.5, 0.6) is 5.75 Å². The van der Waals surface area contributed by atoms with E-state index >= 15 is 0 Å². The highest BCUT2D eigenvalue weighted by Gasteiger charge is 2.10. The van der Waals surface area contributed by atoms with Crippen molar-refractivity contribution in [2.24, 2.45) is 0 Å². The maximum absolute atomic E-state index is 11.1. The van der Waals surface area contributed by atoms with Gasteiger partial charge in [0.1, 0.15) is 10.8 Å². The van der Waals surface area contributed by atoms with Crippen molar-refractivity contribution in [3.05, 3.63) is 59.2 Å². The van der Waals surface area contributed by atoms with Crippen molar-refractivity contribution < 1.29 is 14.6 Å². The molecule has 3 rings (SSSR count). The first kappa shape index (κ1) is 15.9. The number of hydrogen-bond acceptors (Lipinski definition) is 6. The van der Waals surface area contributed by atoms with Crippen LogP contribution in [0, 0.1) is 0 Å². The quantitative estimate of drug-likeness (QED) is 0.713. The lowest BCUT2D eigenvalue weighted by molar-refractivity contribution is 0.0697. The molecule has 24 heavy (non-hydrogen) atoms. The zero-order chi connectivity index (χ0) is 16.9. The third-order valence-electron chi connectivity index (χ3n) is 3.34. The van der Waals surface area contributed by atoms with Crippen LogP contribution < -0.4 is 10.1 Å². The number of thiazole rings is 1. The van der Waals surface area contributed by atoms with Crippen LogP contribution in [-0.4, -0.2) is 28.2 Å². The van der Waals surface area contributed by atoms with E-state index in [4.69, 9.17) is 9.84 Å². The fourth-order valence-electron chi connectivity index (χ4n) is 2.16. The maximum atomic E-state index is 11.1. The van der Waals surface area contributed by atoms with Gasteiger partial charge in [-0.3, -0.25) is 4.98 Å². The molecule has 0 spiro atoms. The summed E-state index contributed by atoms with van der Waals surface area (Å²) in [7, 11) is 1.54. The molecule has 0 atom stereocenters. The van der Waals surface area contributed by atoms with E-state index in [1.54, 1.807) is 25.4 Å². The molecule has 0 saturated carbocycles. The van der Waals surface area contributed by atoms with Crippen molar-refractivity contribution in [2.45, 2.75) is 6.54 Å². The topological polar surface area (TPSA) is 84.3 Å². The van der Waals surface area contributed by atoms with Crippen LogP contribution in [-0.2, 0) is 6.54 Å². The summed E-state index contributed by atoms with van der Waals surface area (Å²) in [5.41, 5.74) is 2.50. The second-order valence-corrected chi connectivity index (χ2v) is 5.79. The number of carboxylic acid groups (broad SMARTS) is 1. The summed E-state index contributed by atoms with van der Waals surface area (Å²) in [5, 5.41) is 15.1. The van der Waals surface area contributed by atoms with Gasteiger partial charge in [0.25, 0.3) is 0 Å². The molecule has 0 saturated heterocycles. The molecule has 2 aromatic heterocycles. The van der Waals surface area contributed by atoms with Crippen LogP contribution in [0.4, 0.5) is 5.69 Å². The summed E-state index contributed by atoms with van der Waals surface area (Å²) in [5.74, 6) is -0.396. The van der Waals surface area contributed by atoms with Crippen LogP contribution in [0.1, 0.15) is 16.1 Å². The molecule has 6 nitrogen and oxygen atoms in total. The van der Waals surface area contributed by atoms with E-state index in [1.165, 1.54) is 17.4 Å². The van der Waals surface area contributed by atoms with Gasteiger partial charge >= 0.3 is 5.97 Å². The largest absolute Gasteiger partial charge is 0.495 e. The summed E-state index contributed by atoms with van der Waals surface area (Å²) in [6, 6.07) is 10.4. The standard InChI is InChI=1S/C17H15N3O3S/c1-23-15-6-5-11(17(21)22)8-14(15)19-9-12-10-24-16(20-12)13-4-2-3-7-18-13/h2-8,10,19H,9H2,1H3,(H,21,22). The lowest BCUT2D eigenvalue weighted by Gasteiger charge is -2.11. The summed E-state index contributed by atoms with van der Waals surface area (Å²) >= 11 is 1.52. The van der Waals surface area contributed by atoms with Gasteiger partial charge in [-0.05, 0) is 30.3 Å². The lowest BCUT2D eigenvalue weighted by Crippen LogP contribution is -2.04. The predicted molar refractivity (Wildman–Crippen MR) is 92.6 cm³/mol. The third-order valence-corrected chi connectivity index (χ3v) is 4.26. The van der Waals surface area contributed by atoms with Crippen LogP contribution >= 0.6 is 11.3 Å². The Morgan fingerprint density at radius 2 is 2.21 bits per heavy atom. The molecule has 3 aromatic rings. The number of methoxy groups -OCH3 is 1. The number of hydrogen-bond donors (Lipinski definition) is 2. The highest BCUT2D eigenvalue weighted by atomic mass is 32.1. The lowest BCUT2D eigenvalue weighted by atomic mass is 10.2. The second-order valence-electron chi connectivity index (χ2n) is 4.93. The van der Waals surface area contributed by atoms with E-state index < -0.39 is 5.97 Å². The first-order chi connectivity index (χ1) is 11.7. The highest BCUT2D eigenvalue weighted by Crippen LogP contribution is 2.27. The van der Waals surface area contributed by atoms with Gasteiger partial charge in [-0.1, -0.05) is 6.07 Å². The van der Waals surface area contributed by atoms with E-state index in [0.717, 1.165) is 16.4 Å². The summed E-state index contributed by atoms with van der Waals surface area (Å²) in [6.45, 7) is 0.461. The van der Waals surface area contributed by atoms with Crippen molar-refractivity contribution in [1.29, 1.82) is 0 Å². The van der Waals surface area contributed by atoms with Crippen LogP contribution in [0.25, 0.3) is 10.7 Å². The number of anilines is 1. The molecule has 2 heterocycles. The molecule has 7 heteroatoms. The Bertz CT molecular complexity index is 849. The van der Waals surface area contributed by atoms with Gasteiger partial charge in [0.2, 0.25) is 0 Å². The number of aromatic carboxylic acids is 1. The zero-order valence-corrected chi connectivity index (χ0v) is 13.7. The van der Waals surface area contributed by atoms with Crippen molar-refractivity contribution in [1.82, 2.24) is 9.97 Å². The predicted octanol–water partition coefficient (Wildman–Crippen LogP) is 3.52. The fourth-order valence-corrected chi connectivity index (χ4v) is 2.96. The molecule has 0 radical (unpaired) electrons. The number of ether oxygens (including phenoxy) is 1. The molecule has 0 aliphatic rings. The molecular weight excluding hydrogens is 326 g/mol.